The van der Waals surface area contributed by atoms with Gasteiger partial charge in [-0.15, -0.1) is 0 Å². The maximum absolute atomic E-state index is 13.4. The number of pyridine rings is 1. The second-order valence-electron chi connectivity index (χ2n) is 7.93. The molecule has 0 spiro atoms. The number of ether oxygens (including phenoxy) is 1. The van der Waals surface area contributed by atoms with Crippen LogP contribution in [0.5, 0.6) is 0 Å². The van der Waals surface area contributed by atoms with Gasteiger partial charge < -0.3 is 25.2 Å². The molecule has 1 aromatic heterocycles. The molecule has 2 aliphatic rings. The van der Waals surface area contributed by atoms with Crippen LogP contribution in [0.25, 0.3) is 0 Å². The van der Waals surface area contributed by atoms with Crippen molar-refractivity contribution in [2.24, 2.45) is 0 Å². The monoisotopic (exact) mass is 464 g/mol. The van der Waals surface area contributed by atoms with Crippen molar-refractivity contribution in [3.63, 3.8) is 0 Å². The molecule has 0 saturated carbocycles. The zero-order valence-corrected chi connectivity index (χ0v) is 18.2. The molecule has 4 rings (SSSR count). The van der Waals surface area contributed by atoms with Crippen LogP contribution in [0.4, 0.5) is 10.2 Å². The summed E-state index contributed by atoms with van der Waals surface area (Å²) in [5, 5.41) is 23.0. The molecular weight excluding hydrogens is 439 g/mol. The summed E-state index contributed by atoms with van der Waals surface area (Å²) in [4.78, 5) is 21.2. The first-order valence-corrected chi connectivity index (χ1v) is 10.9. The van der Waals surface area contributed by atoms with Gasteiger partial charge in [-0.3, -0.25) is 9.69 Å². The molecule has 32 heavy (non-hydrogen) atoms. The summed E-state index contributed by atoms with van der Waals surface area (Å²) in [6.07, 6.45) is -0.363. The minimum Gasteiger partial charge on any atom is -0.394 e. The predicted molar refractivity (Wildman–Crippen MR) is 117 cm³/mol. The fourth-order valence-corrected chi connectivity index (χ4v) is 4.50. The first-order chi connectivity index (χ1) is 15.5. The smallest absolute Gasteiger partial charge is 0.251 e. The van der Waals surface area contributed by atoms with E-state index >= 15 is 0 Å². The summed E-state index contributed by atoms with van der Waals surface area (Å²) in [5.41, 5.74) is 0.231. The van der Waals surface area contributed by atoms with Crippen molar-refractivity contribution in [3.05, 3.63) is 59.0 Å². The van der Waals surface area contributed by atoms with Gasteiger partial charge in [0.25, 0.3) is 5.91 Å². The van der Waals surface area contributed by atoms with Crippen LogP contribution in [-0.2, 0) is 4.74 Å². The number of hydrogen-bond acceptors (Lipinski definition) is 7. The highest BCUT2D eigenvalue weighted by molar-refractivity contribution is 6.31. The van der Waals surface area contributed by atoms with Crippen molar-refractivity contribution in [2.75, 3.05) is 44.2 Å². The van der Waals surface area contributed by atoms with Crippen LogP contribution in [0.1, 0.15) is 10.4 Å². The highest BCUT2D eigenvalue weighted by Gasteiger charge is 2.46. The molecule has 0 unspecified atom stereocenters. The van der Waals surface area contributed by atoms with Crippen LogP contribution >= 0.6 is 11.6 Å². The van der Waals surface area contributed by atoms with Gasteiger partial charge in [-0.05, 0) is 30.3 Å². The van der Waals surface area contributed by atoms with Crippen LogP contribution in [0, 0.1) is 5.82 Å². The Hall–Kier alpha value is -2.30. The number of anilines is 1. The van der Waals surface area contributed by atoms with Gasteiger partial charge in [0.1, 0.15) is 23.8 Å². The van der Waals surface area contributed by atoms with Gasteiger partial charge in [0, 0.05) is 44.5 Å². The quantitative estimate of drug-likeness (QED) is 0.584. The number of carbonyl (C=O) groups excluding carboxylic acids is 1. The summed E-state index contributed by atoms with van der Waals surface area (Å²) in [5.74, 6) is -0.109. The summed E-state index contributed by atoms with van der Waals surface area (Å²) in [6.45, 7) is 2.64. The molecule has 1 aromatic carbocycles. The predicted octanol–water partition coefficient (Wildman–Crippen LogP) is 0.915. The molecule has 10 heteroatoms. The van der Waals surface area contributed by atoms with Crippen LogP contribution in [0.15, 0.2) is 42.6 Å². The number of nitrogens with one attached hydrogen (secondary N) is 1. The van der Waals surface area contributed by atoms with E-state index < -0.39 is 30.0 Å². The van der Waals surface area contributed by atoms with Crippen molar-refractivity contribution >= 4 is 23.3 Å². The van der Waals surface area contributed by atoms with E-state index in [1.54, 1.807) is 6.20 Å². The molecule has 1 amide bonds. The van der Waals surface area contributed by atoms with Gasteiger partial charge in [0.05, 0.1) is 23.8 Å². The topological polar surface area (TPSA) is 98.2 Å². The average Bonchev–Trinajstić information content (AvgIpc) is 3.15. The van der Waals surface area contributed by atoms with Crippen LogP contribution in [0.2, 0.25) is 5.02 Å². The molecule has 172 valence electrons. The molecule has 3 N–H and O–H groups in total. The number of aliphatic hydroxyl groups excluding tert-OH is 2. The number of aromatic nitrogens is 1. The van der Waals surface area contributed by atoms with Gasteiger partial charge in [-0.2, -0.15) is 0 Å². The lowest BCUT2D eigenvalue weighted by Gasteiger charge is -2.40. The van der Waals surface area contributed by atoms with Gasteiger partial charge in [-0.1, -0.05) is 17.7 Å². The summed E-state index contributed by atoms with van der Waals surface area (Å²) >= 11 is 5.77. The molecular formula is C22H26ClFN4O4. The van der Waals surface area contributed by atoms with Gasteiger partial charge in [-0.25, -0.2) is 9.37 Å². The molecule has 0 aliphatic carbocycles. The second-order valence-corrected chi connectivity index (χ2v) is 8.33. The van der Waals surface area contributed by atoms with E-state index in [0.29, 0.717) is 13.1 Å². The molecule has 2 aliphatic heterocycles. The first kappa shape index (κ1) is 22.9. The Balaban J connectivity index is 1.39. The van der Waals surface area contributed by atoms with Crippen molar-refractivity contribution < 1.29 is 24.1 Å². The minimum absolute atomic E-state index is 0.130. The van der Waals surface area contributed by atoms with E-state index in [9.17, 15) is 19.4 Å². The Kier molecular flexibility index (Phi) is 7.22. The lowest BCUT2D eigenvalue weighted by Crippen LogP contribution is -2.57. The molecule has 2 aromatic rings. The Morgan fingerprint density at radius 1 is 1.22 bits per heavy atom. The fourth-order valence-electron chi connectivity index (χ4n) is 4.32. The Morgan fingerprint density at radius 3 is 2.66 bits per heavy atom. The zero-order valence-electron chi connectivity index (χ0n) is 17.4. The largest absolute Gasteiger partial charge is 0.394 e. The van der Waals surface area contributed by atoms with Crippen molar-refractivity contribution in [2.45, 2.75) is 24.4 Å². The van der Waals surface area contributed by atoms with E-state index in [1.807, 2.05) is 18.2 Å². The van der Waals surface area contributed by atoms with Crippen LogP contribution in [0.3, 0.4) is 0 Å². The highest BCUT2D eigenvalue weighted by atomic mass is 35.5. The third-order valence-electron chi connectivity index (χ3n) is 6.00. The van der Waals surface area contributed by atoms with E-state index in [2.05, 4.69) is 20.1 Å². The maximum atomic E-state index is 13.4. The van der Waals surface area contributed by atoms with Gasteiger partial charge in [0.15, 0.2) is 0 Å². The molecule has 4 atom stereocenters. The number of carbonyl (C=O) groups is 1. The standard InChI is InChI=1S/C22H26ClFN4O4/c23-15-11-14(4-5-16(15)24)22(31)26-12-17-20(21(30)18(13-29)32-17)28-9-7-27(8-10-28)19-3-1-2-6-25-19/h1-6,11,17-18,20-21,29-30H,7-10,12-13H2,(H,26,31)/t17-,18+,20+,21-/m1/s1. The van der Waals surface area contributed by atoms with Crippen molar-refractivity contribution in [1.29, 1.82) is 0 Å². The number of hydrogen-bond donors (Lipinski definition) is 3. The van der Waals surface area contributed by atoms with Gasteiger partial charge in [0.2, 0.25) is 0 Å². The number of benzene rings is 1. The first-order valence-electron chi connectivity index (χ1n) is 10.6. The lowest BCUT2D eigenvalue weighted by molar-refractivity contribution is -0.0209. The van der Waals surface area contributed by atoms with Gasteiger partial charge >= 0.3 is 0 Å². The maximum Gasteiger partial charge on any atom is 0.251 e. The zero-order chi connectivity index (χ0) is 22.7. The van der Waals surface area contributed by atoms with Crippen molar-refractivity contribution in [1.82, 2.24) is 15.2 Å². The second kappa shape index (κ2) is 10.1. The molecule has 2 fully saturated rings. The third-order valence-corrected chi connectivity index (χ3v) is 6.29. The number of nitrogens with zero attached hydrogens (tertiary/aromatic N) is 3. The van der Waals surface area contributed by atoms with Crippen molar-refractivity contribution in [3.8, 4) is 0 Å². The third kappa shape index (κ3) is 4.87. The fraction of sp³-hybridized carbons (Fsp3) is 0.455. The SMILES string of the molecule is O=C(NC[C@H]1O[C@@H](CO)[C@@H](O)[C@H]1N1CCN(c2ccccn2)CC1)c1ccc(F)c(Cl)c1. The Bertz CT molecular complexity index is 929. The highest BCUT2D eigenvalue weighted by Crippen LogP contribution is 2.27. The van der Waals surface area contributed by atoms with Crippen LogP contribution in [-0.4, -0.2) is 89.7 Å². The molecule has 0 bridgehead atoms. The summed E-state index contributed by atoms with van der Waals surface area (Å²) in [7, 11) is 0. The molecule has 8 nitrogen and oxygen atoms in total. The van der Waals surface area contributed by atoms with E-state index in [4.69, 9.17) is 16.3 Å². The number of amides is 1. The normalized spacial score (nSPS) is 26.3. The molecule has 3 heterocycles. The van der Waals surface area contributed by atoms with E-state index in [0.717, 1.165) is 25.0 Å². The summed E-state index contributed by atoms with van der Waals surface area (Å²) in [6, 6.07) is 9.16. The minimum atomic E-state index is -0.886. The number of aliphatic hydroxyl groups is 2. The Morgan fingerprint density at radius 2 is 2.00 bits per heavy atom. The number of halogens is 2. The lowest BCUT2D eigenvalue weighted by atomic mass is 10.0. The number of rotatable bonds is 6. The molecule has 0 radical (unpaired) electrons. The molecule has 2 saturated heterocycles. The van der Waals surface area contributed by atoms with E-state index in [-0.39, 0.29) is 29.8 Å². The number of piperazine rings is 1. The van der Waals surface area contributed by atoms with Crippen LogP contribution < -0.4 is 10.2 Å². The average molecular weight is 465 g/mol. The van der Waals surface area contributed by atoms with E-state index in [1.165, 1.54) is 12.1 Å². The summed E-state index contributed by atoms with van der Waals surface area (Å²) < 4.78 is 19.2. The Labute approximate surface area is 190 Å².